The first kappa shape index (κ1) is 15.7. The maximum Gasteiger partial charge on any atom is 0.124 e. The van der Waals surface area contributed by atoms with Crippen LogP contribution in [0.2, 0.25) is 0 Å². The fraction of sp³-hybridized carbons (Fsp3) is 0.368. The van der Waals surface area contributed by atoms with Gasteiger partial charge in [-0.15, -0.1) is 0 Å². The molecule has 0 radical (unpaired) electrons. The van der Waals surface area contributed by atoms with Gasteiger partial charge in [0.1, 0.15) is 23.4 Å². The third-order valence-corrected chi connectivity index (χ3v) is 3.93. The SMILES string of the molecule is CCOc1cc2c(cc1CNCc1cccc(O)c1)O[C@H](C)C2. The molecule has 0 saturated carbocycles. The number of phenols is 1. The van der Waals surface area contributed by atoms with Gasteiger partial charge in [0.15, 0.2) is 0 Å². The summed E-state index contributed by atoms with van der Waals surface area (Å²) in [6.07, 6.45) is 1.17. The number of aromatic hydroxyl groups is 1. The average Bonchev–Trinajstić information content (AvgIpc) is 2.87. The third kappa shape index (κ3) is 3.77. The average molecular weight is 313 g/mol. The van der Waals surface area contributed by atoms with Gasteiger partial charge >= 0.3 is 0 Å². The Balaban J connectivity index is 1.70. The molecule has 0 aliphatic carbocycles. The highest BCUT2D eigenvalue weighted by molar-refractivity contribution is 5.48. The Labute approximate surface area is 137 Å². The van der Waals surface area contributed by atoms with Crippen LogP contribution in [0.4, 0.5) is 0 Å². The highest BCUT2D eigenvalue weighted by Gasteiger charge is 2.21. The molecule has 2 aromatic rings. The van der Waals surface area contributed by atoms with E-state index in [4.69, 9.17) is 9.47 Å². The second-order valence-corrected chi connectivity index (χ2v) is 5.91. The van der Waals surface area contributed by atoms with Gasteiger partial charge in [-0.2, -0.15) is 0 Å². The molecule has 122 valence electrons. The highest BCUT2D eigenvalue weighted by atomic mass is 16.5. The van der Waals surface area contributed by atoms with E-state index >= 15 is 0 Å². The van der Waals surface area contributed by atoms with E-state index < -0.39 is 0 Å². The van der Waals surface area contributed by atoms with Gasteiger partial charge < -0.3 is 19.9 Å². The van der Waals surface area contributed by atoms with Crippen LogP contribution < -0.4 is 14.8 Å². The summed E-state index contributed by atoms with van der Waals surface area (Å²) in [5.41, 5.74) is 3.37. The lowest BCUT2D eigenvalue weighted by molar-refractivity contribution is 0.254. The van der Waals surface area contributed by atoms with Gasteiger partial charge in [0.05, 0.1) is 6.61 Å². The van der Waals surface area contributed by atoms with E-state index in [0.717, 1.165) is 29.0 Å². The first-order valence-electron chi connectivity index (χ1n) is 8.09. The normalized spacial score (nSPS) is 16.0. The number of phenolic OH excluding ortho intramolecular Hbond substituents is 1. The second-order valence-electron chi connectivity index (χ2n) is 5.91. The fourth-order valence-electron chi connectivity index (χ4n) is 2.92. The van der Waals surface area contributed by atoms with E-state index in [1.54, 1.807) is 12.1 Å². The summed E-state index contributed by atoms with van der Waals surface area (Å²) < 4.78 is 11.6. The van der Waals surface area contributed by atoms with Crippen LogP contribution in [0, 0.1) is 0 Å². The van der Waals surface area contributed by atoms with E-state index in [2.05, 4.69) is 24.4 Å². The van der Waals surface area contributed by atoms with Crippen LogP contribution in [0.25, 0.3) is 0 Å². The summed E-state index contributed by atoms with van der Waals surface area (Å²) in [4.78, 5) is 0. The smallest absolute Gasteiger partial charge is 0.124 e. The molecule has 2 aromatic carbocycles. The fourth-order valence-corrected chi connectivity index (χ4v) is 2.92. The second kappa shape index (κ2) is 6.92. The molecule has 23 heavy (non-hydrogen) atoms. The Morgan fingerprint density at radius 1 is 1.26 bits per heavy atom. The van der Waals surface area contributed by atoms with Gasteiger partial charge in [-0.25, -0.2) is 0 Å². The highest BCUT2D eigenvalue weighted by Crippen LogP contribution is 2.35. The van der Waals surface area contributed by atoms with Crippen molar-refractivity contribution < 1.29 is 14.6 Å². The van der Waals surface area contributed by atoms with Crippen molar-refractivity contribution in [2.45, 2.75) is 39.5 Å². The van der Waals surface area contributed by atoms with Crippen molar-refractivity contribution in [1.29, 1.82) is 0 Å². The van der Waals surface area contributed by atoms with Gasteiger partial charge in [0, 0.05) is 30.6 Å². The summed E-state index contributed by atoms with van der Waals surface area (Å²) in [7, 11) is 0. The van der Waals surface area contributed by atoms with Gasteiger partial charge in [0.2, 0.25) is 0 Å². The number of nitrogens with one attached hydrogen (secondary N) is 1. The van der Waals surface area contributed by atoms with E-state index in [9.17, 15) is 5.11 Å². The molecule has 2 N–H and O–H groups in total. The molecule has 3 rings (SSSR count). The Hall–Kier alpha value is -2.20. The molecule has 1 aliphatic heterocycles. The summed E-state index contributed by atoms with van der Waals surface area (Å²) >= 11 is 0. The maximum atomic E-state index is 9.51. The molecule has 4 heteroatoms. The Morgan fingerprint density at radius 2 is 2.13 bits per heavy atom. The van der Waals surface area contributed by atoms with Crippen LogP contribution in [-0.2, 0) is 19.5 Å². The molecule has 1 atom stereocenters. The number of benzene rings is 2. The molecule has 0 spiro atoms. The van der Waals surface area contributed by atoms with Gasteiger partial charge in [0.25, 0.3) is 0 Å². The van der Waals surface area contributed by atoms with Crippen molar-refractivity contribution >= 4 is 0 Å². The minimum atomic E-state index is 0.231. The summed E-state index contributed by atoms with van der Waals surface area (Å²) in [6, 6.07) is 11.5. The van der Waals surface area contributed by atoms with E-state index in [1.807, 2.05) is 19.1 Å². The molecular formula is C19H23NO3. The molecular weight excluding hydrogens is 290 g/mol. The van der Waals surface area contributed by atoms with Crippen molar-refractivity contribution in [3.05, 3.63) is 53.1 Å². The Kier molecular flexibility index (Phi) is 4.72. The van der Waals surface area contributed by atoms with E-state index in [0.29, 0.717) is 25.4 Å². The number of ether oxygens (including phenoxy) is 2. The van der Waals surface area contributed by atoms with Crippen molar-refractivity contribution in [2.75, 3.05) is 6.61 Å². The minimum Gasteiger partial charge on any atom is -0.508 e. The molecule has 1 aliphatic rings. The van der Waals surface area contributed by atoms with Crippen molar-refractivity contribution in [3.63, 3.8) is 0 Å². The number of rotatable bonds is 6. The summed E-state index contributed by atoms with van der Waals surface area (Å²) in [5, 5.41) is 12.9. The largest absolute Gasteiger partial charge is 0.508 e. The lowest BCUT2D eigenvalue weighted by Crippen LogP contribution is -2.14. The third-order valence-electron chi connectivity index (χ3n) is 3.93. The summed E-state index contributed by atoms with van der Waals surface area (Å²) in [5.74, 6) is 2.18. The van der Waals surface area contributed by atoms with E-state index in [-0.39, 0.29) is 6.10 Å². The van der Waals surface area contributed by atoms with E-state index in [1.165, 1.54) is 5.56 Å². The molecule has 4 nitrogen and oxygen atoms in total. The van der Waals surface area contributed by atoms with Crippen LogP contribution in [0.5, 0.6) is 17.2 Å². The van der Waals surface area contributed by atoms with Crippen LogP contribution in [0.3, 0.4) is 0 Å². The van der Waals surface area contributed by atoms with Gasteiger partial charge in [-0.1, -0.05) is 12.1 Å². The standard InChI is InChI=1S/C19H23NO3/c1-3-22-18-9-15-7-13(2)23-19(15)10-16(18)12-20-11-14-5-4-6-17(21)8-14/h4-6,8-10,13,20-21H,3,7,11-12H2,1-2H3/t13-/m1/s1. The lowest BCUT2D eigenvalue weighted by Gasteiger charge is -2.13. The zero-order chi connectivity index (χ0) is 16.2. The zero-order valence-corrected chi connectivity index (χ0v) is 13.6. The molecule has 0 bridgehead atoms. The predicted octanol–water partition coefficient (Wildman–Crippen LogP) is 3.40. The predicted molar refractivity (Wildman–Crippen MR) is 90.1 cm³/mol. The van der Waals surface area contributed by atoms with Crippen molar-refractivity contribution in [1.82, 2.24) is 5.32 Å². The lowest BCUT2D eigenvalue weighted by atomic mass is 10.1. The molecule has 0 saturated heterocycles. The topological polar surface area (TPSA) is 50.7 Å². The Bertz CT molecular complexity index is 684. The quantitative estimate of drug-likeness (QED) is 0.858. The number of hydrogen-bond acceptors (Lipinski definition) is 4. The van der Waals surface area contributed by atoms with Crippen LogP contribution in [-0.4, -0.2) is 17.8 Å². The molecule has 0 unspecified atom stereocenters. The van der Waals surface area contributed by atoms with Crippen LogP contribution in [0.1, 0.15) is 30.5 Å². The first-order chi connectivity index (χ1) is 11.2. The number of fused-ring (bicyclic) bond motifs is 1. The summed E-state index contributed by atoms with van der Waals surface area (Å²) in [6.45, 7) is 6.11. The molecule has 1 heterocycles. The molecule has 0 amide bonds. The van der Waals surface area contributed by atoms with Crippen molar-refractivity contribution in [2.24, 2.45) is 0 Å². The van der Waals surface area contributed by atoms with Gasteiger partial charge in [-0.3, -0.25) is 0 Å². The maximum absolute atomic E-state index is 9.51. The zero-order valence-electron chi connectivity index (χ0n) is 13.6. The first-order valence-corrected chi connectivity index (χ1v) is 8.09. The Morgan fingerprint density at radius 3 is 2.91 bits per heavy atom. The monoisotopic (exact) mass is 313 g/mol. The minimum absolute atomic E-state index is 0.231. The van der Waals surface area contributed by atoms with Crippen LogP contribution >= 0.6 is 0 Å². The van der Waals surface area contributed by atoms with Crippen LogP contribution in [0.15, 0.2) is 36.4 Å². The number of hydrogen-bond donors (Lipinski definition) is 2. The molecule has 0 fully saturated rings. The van der Waals surface area contributed by atoms with Gasteiger partial charge in [-0.05, 0) is 43.7 Å². The molecule has 0 aromatic heterocycles. The van der Waals surface area contributed by atoms with Crippen molar-refractivity contribution in [3.8, 4) is 17.2 Å².